The number of anilines is 2. The molecule has 7 nitrogen and oxygen atoms in total. The normalized spacial score (nSPS) is 15.2. The Bertz CT molecular complexity index is 1220. The number of pyridine rings is 1. The summed E-state index contributed by atoms with van der Waals surface area (Å²) in [7, 11) is 0. The molecule has 0 spiro atoms. The summed E-state index contributed by atoms with van der Waals surface area (Å²) >= 11 is 5.66. The van der Waals surface area contributed by atoms with E-state index < -0.39 is 36.0 Å². The Balaban J connectivity index is 1.75. The second-order valence-corrected chi connectivity index (χ2v) is 7.47. The Hall–Kier alpha value is -3.46. The van der Waals surface area contributed by atoms with E-state index in [0.717, 1.165) is 6.07 Å². The number of hydrogen-bond donors (Lipinski definition) is 1. The molecule has 0 bridgehead atoms. The van der Waals surface area contributed by atoms with Gasteiger partial charge in [0, 0.05) is 23.8 Å². The van der Waals surface area contributed by atoms with E-state index in [1.165, 1.54) is 35.5 Å². The average Bonchev–Trinajstić information content (AvgIpc) is 2.80. The fraction of sp³-hybridized carbons (Fsp3) is 0.190. The van der Waals surface area contributed by atoms with Crippen LogP contribution >= 0.6 is 11.6 Å². The van der Waals surface area contributed by atoms with E-state index in [1.54, 1.807) is 13.8 Å². The van der Waals surface area contributed by atoms with Gasteiger partial charge in [-0.05, 0) is 38.1 Å². The molecule has 4 rings (SSSR count). The standard InChI is InChI=1S/C21H16ClF2N5O2/c1-10-7-15-17(20(24)27-10)19-18(25-5-6-26-19)11(2)21(31)29(15)9-16(30)28-12-3-4-13(22)14(23)8-12/h3-8,11H,9H2,1-2H3,(H,28,30)/t11-/m0/s1. The van der Waals surface area contributed by atoms with Crippen LogP contribution in [0.4, 0.5) is 20.2 Å². The van der Waals surface area contributed by atoms with Gasteiger partial charge in [-0.15, -0.1) is 0 Å². The van der Waals surface area contributed by atoms with Crippen molar-refractivity contribution in [3.05, 3.63) is 64.8 Å². The highest BCUT2D eigenvalue weighted by Gasteiger charge is 2.36. The third-order valence-corrected chi connectivity index (χ3v) is 5.19. The van der Waals surface area contributed by atoms with Gasteiger partial charge < -0.3 is 10.2 Å². The number of fused-ring (bicyclic) bond motifs is 3. The highest BCUT2D eigenvalue weighted by atomic mass is 35.5. The van der Waals surface area contributed by atoms with E-state index in [-0.39, 0.29) is 27.7 Å². The Morgan fingerprint density at radius 2 is 1.97 bits per heavy atom. The molecule has 0 saturated heterocycles. The summed E-state index contributed by atoms with van der Waals surface area (Å²) in [5.41, 5.74) is 1.16. The van der Waals surface area contributed by atoms with E-state index in [9.17, 15) is 18.4 Å². The quantitative estimate of drug-likeness (QED) is 0.621. The molecule has 0 radical (unpaired) electrons. The summed E-state index contributed by atoms with van der Waals surface area (Å²) in [6, 6.07) is 5.32. The minimum Gasteiger partial charge on any atom is -0.324 e. The number of carbonyl (C=O) groups is 2. The van der Waals surface area contributed by atoms with E-state index in [2.05, 4.69) is 20.3 Å². The zero-order chi connectivity index (χ0) is 22.3. The van der Waals surface area contributed by atoms with Crippen molar-refractivity contribution in [2.24, 2.45) is 0 Å². The fourth-order valence-electron chi connectivity index (χ4n) is 3.46. The second kappa shape index (κ2) is 7.99. The van der Waals surface area contributed by atoms with Crippen LogP contribution in [0.25, 0.3) is 11.3 Å². The Morgan fingerprint density at radius 3 is 2.71 bits per heavy atom. The number of aryl methyl sites for hydroxylation is 1. The summed E-state index contributed by atoms with van der Waals surface area (Å²) < 4.78 is 28.6. The number of nitrogens with one attached hydrogen (secondary N) is 1. The first-order valence-corrected chi connectivity index (χ1v) is 9.68. The van der Waals surface area contributed by atoms with Gasteiger partial charge in [-0.2, -0.15) is 4.39 Å². The third-order valence-electron chi connectivity index (χ3n) is 4.89. The molecule has 0 unspecified atom stereocenters. The molecule has 1 atom stereocenters. The third kappa shape index (κ3) is 3.84. The van der Waals surface area contributed by atoms with Crippen molar-refractivity contribution in [2.45, 2.75) is 19.8 Å². The first kappa shape index (κ1) is 20.8. The van der Waals surface area contributed by atoms with Gasteiger partial charge in [-0.3, -0.25) is 19.6 Å². The van der Waals surface area contributed by atoms with Crippen LogP contribution in [0.15, 0.2) is 36.7 Å². The summed E-state index contributed by atoms with van der Waals surface area (Å²) in [6.07, 6.45) is 2.82. The molecule has 1 aromatic carbocycles. The molecular formula is C21H16ClF2N5O2. The van der Waals surface area contributed by atoms with Crippen LogP contribution in [0.1, 0.15) is 24.2 Å². The minimum atomic E-state index is -0.816. The number of carbonyl (C=O) groups excluding carboxylic acids is 2. The van der Waals surface area contributed by atoms with E-state index in [0.29, 0.717) is 11.4 Å². The van der Waals surface area contributed by atoms with E-state index >= 15 is 0 Å². The van der Waals surface area contributed by atoms with Gasteiger partial charge in [0.25, 0.3) is 0 Å². The van der Waals surface area contributed by atoms with Crippen molar-refractivity contribution in [1.29, 1.82) is 0 Å². The molecular weight excluding hydrogens is 428 g/mol. The Morgan fingerprint density at radius 1 is 1.23 bits per heavy atom. The predicted octanol–water partition coefficient (Wildman–Crippen LogP) is 3.87. The number of aromatic nitrogens is 3. The fourth-order valence-corrected chi connectivity index (χ4v) is 3.58. The van der Waals surface area contributed by atoms with Crippen molar-refractivity contribution >= 4 is 34.8 Å². The Kier molecular flexibility index (Phi) is 5.36. The van der Waals surface area contributed by atoms with E-state index in [1.807, 2.05) is 0 Å². The second-order valence-electron chi connectivity index (χ2n) is 7.06. The van der Waals surface area contributed by atoms with Crippen molar-refractivity contribution in [3.8, 4) is 11.3 Å². The van der Waals surface area contributed by atoms with Crippen LogP contribution in [-0.2, 0) is 9.59 Å². The lowest BCUT2D eigenvalue weighted by Crippen LogP contribution is -2.40. The Labute approximate surface area is 181 Å². The van der Waals surface area contributed by atoms with Crippen LogP contribution in [0, 0.1) is 18.7 Å². The summed E-state index contributed by atoms with van der Waals surface area (Å²) in [4.78, 5) is 39.4. The molecule has 2 aromatic heterocycles. The number of halogens is 3. The van der Waals surface area contributed by atoms with Crippen molar-refractivity contribution in [1.82, 2.24) is 15.0 Å². The van der Waals surface area contributed by atoms with Crippen LogP contribution in [0.2, 0.25) is 5.02 Å². The summed E-state index contributed by atoms with van der Waals surface area (Å²) in [5.74, 6) is -3.35. The van der Waals surface area contributed by atoms with Gasteiger partial charge >= 0.3 is 0 Å². The van der Waals surface area contributed by atoms with Crippen molar-refractivity contribution in [2.75, 3.05) is 16.8 Å². The lowest BCUT2D eigenvalue weighted by molar-refractivity contribution is -0.122. The molecule has 0 fully saturated rings. The molecule has 3 aromatic rings. The van der Waals surface area contributed by atoms with Gasteiger partial charge in [-0.25, -0.2) is 9.37 Å². The molecule has 0 saturated carbocycles. The van der Waals surface area contributed by atoms with Crippen LogP contribution in [-0.4, -0.2) is 33.3 Å². The average molecular weight is 444 g/mol. The SMILES string of the molecule is Cc1cc2c(c(F)n1)-c1nccnc1[C@H](C)C(=O)N2CC(=O)Nc1ccc(Cl)c(F)c1. The van der Waals surface area contributed by atoms with Crippen LogP contribution < -0.4 is 10.2 Å². The highest BCUT2D eigenvalue weighted by molar-refractivity contribution is 6.30. The first-order valence-electron chi connectivity index (χ1n) is 9.31. The van der Waals surface area contributed by atoms with Crippen LogP contribution in [0.5, 0.6) is 0 Å². The molecule has 158 valence electrons. The maximum Gasteiger partial charge on any atom is 0.244 e. The number of rotatable bonds is 3. The zero-order valence-electron chi connectivity index (χ0n) is 16.5. The van der Waals surface area contributed by atoms with Crippen LogP contribution in [0.3, 0.4) is 0 Å². The van der Waals surface area contributed by atoms with Gasteiger partial charge in [0.15, 0.2) is 0 Å². The number of benzene rings is 1. The lowest BCUT2D eigenvalue weighted by Gasteiger charge is -2.24. The summed E-state index contributed by atoms with van der Waals surface area (Å²) in [6.45, 7) is 2.76. The van der Waals surface area contributed by atoms with Gasteiger partial charge in [0.05, 0.1) is 33.6 Å². The molecule has 0 aliphatic carbocycles. The monoisotopic (exact) mass is 443 g/mol. The largest absolute Gasteiger partial charge is 0.324 e. The summed E-state index contributed by atoms with van der Waals surface area (Å²) in [5, 5.41) is 2.44. The van der Waals surface area contributed by atoms with Gasteiger partial charge in [-0.1, -0.05) is 11.6 Å². The topological polar surface area (TPSA) is 88.1 Å². The van der Waals surface area contributed by atoms with Crippen molar-refractivity contribution in [3.63, 3.8) is 0 Å². The smallest absolute Gasteiger partial charge is 0.244 e. The molecule has 1 N–H and O–H groups in total. The molecule has 1 aliphatic heterocycles. The minimum absolute atomic E-state index is 0.00302. The number of amides is 2. The first-order chi connectivity index (χ1) is 14.8. The maximum atomic E-state index is 14.9. The molecule has 3 heterocycles. The van der Waals surface area contributed by atoms with Gasteiger partial charge in [0.2, 0.25) is 17.8 Å². The molecule has 1 aliphatic rings. The lowest BCUT2D eigenvalue weighted by atomic mass is 10.0. The number of hydrogen-bond acceptors (Lipinski definition) is 5. The number of nitrogens with zero attached hydrogens (tertiary/aromatic N) is 4. The highest BCUT2D eigenvalue weighted by Crippen LogP contribution is 2.40. The molecule has 2 amide bonds. The van der Waals surface area contributed by atoms with E-state index in [4.69, 9.17) is 11.6 Å². The van der Waals surface area contributed by atoms with Crippen molar-refractivity contribution < 1.29 is 18.4 Å². The molecule has 10 heteroatoms. The zero-order valence-corrected chi connectivity index (χ0v) is 17.2. The predicted molar refractivity (Wildman–Crippen MR) is 111 cm³/mol. The maximum absolute atomic E-state index is 14.9. The van der Waals surface area contributed by atoms with Gasteiger partial charge in [0.1, 0.15) is 12.4 Å². The molecule has 31 heavy (non-hydrogen) atoms.